The van der Waals surface area contributed by atoms with Crippen LogP contribution in [0.5, 0.6) is 0 Å². The van der Waals surface area contributed by atoms with E-state index in [2.05, 4.69) is 50.0 Å². The molecule has 0 radical (unpaired) electrons. The molecular formula is C31H39F2N5O5. The molecule has 43 heavy (non-hydrogen) atoms. The Labute approximate surface area is 250 Å². The summed E-state index contributed by atoms with van der Waals surface area (Å²) in [4.78, 5) is 18.7. The average Bonchev–Trinajstić information content (AvgIpc) is 3.46. The largest absolute Gasteiger partial charge is 0.441 e. The molecule has 3 aliphatic rings. The number of aromatic nitrogens is 2. The number of piperidine rings is 1. The zero-order valence-corrected chi connectivity index (χ0v) is 24.7. The lowest BCUT2D eigenvalue weighted by atomic mass is 9.83. The second-order valence-electron chi connectivity index (χ2n) is 11.5. The van der Waals surface area contributed by atoms with Crippen LogP contribution >= 0.6 is 0 Å². The van der Waals surface area contributed by atoms with Gasteiger partial charge < -0.3 is 28.7 Å². The molecule has 1 atom stereocenters. The Morgan fingerprint density at radius 1 is 1.05 bits per heavy atom. The molecule has 12 heteroatoms. The number of carbonyl (C=O) groups is 1. The molecule has 232 valence electrons. The maximum Gasteiger partial charge on any atom is 0.410 e. The lowest BCUT2D eigenvalue weighted by Gasteiger charge is -2.43. The number of likely N-dealkylation sites (tertiary alicyclic amines) is 1. The number of fused-ring (bicyclic) bond motifs is 1. The van der Waals surface area contributed by atoms with Crippen LogP contribution in [0.25, 0.3) is 16.6 Å². The quantitative estimate of drug-likeness (QED) is 0.362. The molecule has 3 fully saturated rings. The van der Waals surface area contributed by atoms with E-state index in [1.54, 1.807) is 12.0 Å². The van der Waals surface area contributed by atoms with Crippen LogP contribution in [0.3, 0.4) is 0 Å². The number of halogens is 2. The van der Waals surface area contributed by atoms with Crippen molar-refractivity contribution in [3.05, 3.63) is 54.4 Å². The van der Waals surface area contributed by atoms with E-state index in [0.29, 0.717) is 39.4 Å². The minimum Gasteiger partial charge on any atom is -0.441 e. The third kappa shape index (κ3) is 6.33. The fraction of sp³-hybridized carbons (Fsp3) is 0.548. The number of anilines is 1. The van der Waals surface area contributed by atoms with E-state index in [1.165, 1.54) is 0 Å². The summed E-state index contributed by atoms with van der Waals surface area (Å²) in [5.41, 5.74) is 4.92. The van der Waals surface area contributed by atoms with Crippen molar-refractivity contribution < 1.29 is 32.5 Å². The van der Waals surface area contributed by atoms with E-state index < -0.39 is 12.2 Å². The lowest BCUT2D eigenvalue weighted by Crippen LogP contribution is -2.51. The molecule has 1 aromatic carbocycles. The highest BCUT2D eigenvalue weighted by atomic mass is 19.3. The van der Waals surface area contributed by atoms with E-state index in [4.69, 9.17) is 14.2 Å². The lowest BCUT2D eigenvalue weighted by molar-refractivity contribution is -0.145. The smallest absolute Gasteiger partial charge is 0.410 e. The van der Waals surface area contributed by atoms with E-state index >= 15 is 0 Å². The molecule has 0 N–H and O–H groups in total. The SMILES string of the molecule is COC1(c2ccc(-c3cc4c(N5CCN(C(=O)OC6COC6)CC5)ccnn4c3)cc2)CCN([C@@H](C)COC(F)F)CC1. The number of nitrogens with zero attached hydrogens (tertiary/aromatic N) is 5. The van der Waals surface area contributed by atoms with Crippen molar-refractivity contribution in [1.29, 1.82) is 0 Å². The van der Waals surface area contributed by atoms with Crippen molar-refractivity contribution in [2.24, 2.45) is 0 Å². The first-order chi connectivity index (χ1) is 20.8. The maximum absolute atomic E-state index is 12.5. The summed E-state index contributed by atoms with van der Waals surface area (Å²) < 4.78 is 48.0. The van der Waals surface area contributed by atoms with Gasteiger partial charge in [-0.25, -0.2) is 9.31 Å². The number of alkyl halides is 2. The van der Waals surface area contributed by atoms with E-state index in [9.17, 15) is 13.6 Å². The van der Waals surface area contributed by atoms with Gasteiger partial charge in [0.1, 0.15) is 0 Å². The summed E-state index contributed by atoms with van der Waals surface area (Å²) in [6, 6.07) is 12.6. The molecule has 0 unspecified atom stereocenters. The number of rotatable bonds is 9. The van der Waals surface area contributed by atoms with Crippen molar-refractivity contribution in [1.82, 2.24) is 19.4 Å². The minimum atomic E-state index is -2.75. The van der Waals surface area contributed by atoms with E-state index in [0.717, 1.165) is 53.8 Å². The molecule has 3 aromatic rings. The number of amides is 1. The molecule has 5 heterocycles. The Morgan fingerprint density at radius 2 is 1.77 bits per heavy atom. The van der Waals surface area contributed by atoms with Crippen LogP contribution in [-0.2, 0) is 24.5 Å². The predicted octanol–water partition coefficient (Wildman–Crippen LogP) is 4.22. The summed E-state index contributed by atoms with van der Waals surface area (Å²) >= 11 is 0. The average molecular weight is 600 g/mol. The second kappa shape index (κ2) is 12.7. The van der Waals surface area contributed by atoms with Gasteiger partial charge in [-0.1, -0.05) is 24.3 Å². The summed E-state index contributed by atoms with van der Waals surface area (Å²) in [5.74, 6) is 0. The van der Waals surface area contributed by atoms with Crippen LogP contribution < -0.4 is 4.90 Å². The Kier molecular flexibility index (Phi) is 8.80. The van der Waals surface area contributed by atoms with Gasteiger partial charge in [0.25, 0.3) is 0 Å². The molecule has 10 nitrogen and oxygen atoms in total. The Morgan fingerprint density at radius 3 is 2.40 bits per heavy atom. The molecule has 2 aromatic heterocycles. The van der Waals surface area contributed by atoms with Gasteiger partial charge in [-0.2, -0.15) is 13.9 Å². The van der Waals surface area contributed by atoms with E-state index in [1.807, 2.05) is 29.9 Å². The van der Waals surface area contributed by atoms with Gasteiger partial charge >= 0.3 is 12.7 Å². The number of piperazine rings is 1. The van der Waals surface area contributed by atoms with Gasteiger partial charge in [0.2, 0.25) is 0 Å². The van der Waals surface area contributed by atoms with Gasteiger partial charge in [0.15, 0.2) is 6.10 Å². The first kappa shape index (κ1) is 29.7. The van der Waals surface area contributed by atoms with Crippen molar-refractivity contribution in [3.8, 4) is 11.1 Å². The number of methoxy groups -OCH3 is 1. The Balaban J connectivity index is 1.11. The van der Waals surface area contributed by atoms with Crippen LogP contribution in [-0.4, -0.2) is 110 Å². The summed E-state index contributed by atoms with van der Waals surface area (Å²) in [5, 5.41) is 4.55. The van der Waals surface area contributed by atoms with Gasteiger partial charge in [-0.05, 0) is 43.0 Å². The molecule has 3 aliphatic heterocycles. The minimum absolute atomic E-state index is 0.0103. The molecule has 0 aliphatic carbocycles. The number of carbonyl (C=O) groups excluding carboxylic acids is 1. The van der Waals surface area contributed by atoms with Gasteiger partial charge in [0.05, 0.1) is 36.6 Å². The zero-order valence-electron chi connectivity index (χ0n) is 24.7. The molecule has 1 amide bonds. The van der Waals surface area contributed by atoms with Crippen molar-refractivity contribution >= 4 is 17.3 Å². The molecule has 0 spiro atoms. The van der Waals surface area contributed by atoms with Crippen LogP contribution in [0, 0.1) is 0 Å². The number of ether oxygens (including phenoxy) is 4. The third-order valence-electron chi connectivity index (χ3n) is 9.07. The maximum atomic E-state index is 12.5. The zero-order chi connectivity index (χ0) is 30.0. The molecule has 6 rings (SSSR count). The topological polar surface area (TPSA) is 81.0 Å². The fourth-order valence-electron chi connectivity index (χ4n) is 6.27. The van der Waals surface area contributed by atoms with Crippen molar-refractivity contribution in [2.45, 2.75) is 44.1 Å². The van der Waals surface area contributed by atoms with Crippen LogP contribution in [0.1, 0.15) is 25.3 Å². The molecular weight excluding hydrogens is 560 g/mol. The van der Waals surface area contributed by atoms with Crippen molar-refractivity contribution in [2.75, 3.05) is 71.1 Å². The number of benzene rings is 1. The highest BCUT2D eigenvalue weighted by Gasteiger charge is 2.37. The monoisotopic (exact) mass is 599 g/mol. The van der Waals surface area contributed by atoms with Gasteiger partial charge in [0, 0.05) is 70.4 Å². The molecule has 3 saturated heterocycles. The molecule has 0 saturated carbocycles. The standard InChI is InChI=1S/C31H39F2N5O5/c1-22(19-42-29(32)33)35-11-8-31(40-2,9-12-35)25-5-3-23(4-6-25)24-17-28-27(7-10-34-38(28)18-24)36-13-15-37(16-14-36)30(39)43-26-20-41-21-26/h3-7,10,17-18,22,26,29H,8-9,11-16,19-21H2,1-2H3/t22-/m0/s1. The fourth-order valence-corrected chi connectivity index (χ4v) is 6.27. The van der Waals surface area contributed by atoms with Crippen LogP contribution in [0.2, 0.25) is 0 Å². The third-order valence-corrected chi connectivity index (χ3v) is 9.07. The van der Waals surface area contributed by atoms with Crippen molar-refractivity contribution in [3.63, 3.8) is 0 Å². The highest BCUT2D eigenvalue weighted by Crippen LogP contribution is 2.38. The summed E-state index contributed by atoms with van der Waals surface area (Å²) in [7, 11) is 1.74. The van der Waals surface area contributed by atoms with Gasteiger partial charge in [-0.3, -0.25) is 4.90 Å². The normalized spacial score (nSPS) is 20.4. The Hall–Kier alpha value is -3.32. The first-order valence-electron chi connectivity index (χ1n) is 14.9. The Bertz CT molecular complexity index is 1380. The van der Waals surface area contributed by atoms with Crippen LogP contribution in [0.4, 0.5) is 19.3 Å². The molecule has 0 bridgehead atoms. The summed E-state index contributed by atoms with van der Waals surface area (Å²) in [6.45, 7) is 4.24. The highest BCUT2D eigenvalue weighted by molar-refractivity contribution is 5.80. The summed E-state index contributed by atoms with van der Waals surface area (Å²) in [6.07, 6.45) is 4.99. The van der Waals surface area contributed by atoms with Gasteiger partial charge in [-0.15, -0.1) is 0 Å². The number of hydrogen-bond acceptors (Lipinski definition) is 8. The van der Waals surface area contributed by atoms with Crippen LogP contribution in [0.15, 0.2) is 48.8 Å². The predicted molar refractivity (Wildman–Crippen MR) is 156 cm³/mol. The first-order valence-corrected chi connectivity index (χ1v) is 14.9. The second-order valence-corrected chi connectivity index (χ2v) is 11.5. The van der Waals surface area contributed by atoms with E-state index in [-0.39, 0.29) is 24.8 Å². The number of hydrogen-bond donors (Lipinski definition) is 0.